The number of hydrogen-bond acceptors (Lipinski definition) is 3. The summed E-state index contributed by atoms with van der Waals surface area (Å²) in [5.74, 6) is -0.364. The number of aryl methyl sites for hydroxylation is 1. The lowest BCUT2D eigenvalue weighted by Gasteiger charge is -2.13. The molecule has 0 saturated heterocycles. The van der Waals surface area contributed by atoms with Crippen molar-refractivity contribution in [3.8, 4) is 0 Å². The minimum Gasteiger partial charge on any atom is -0.462 e. The largest absolute Gasteiger partial charge is 0.462 e. The van der Waals surface area contributed by atoms with Crippen molar-refractivity contribution in [2.24, 2.45) is 0 Å². The van der Waals surface area contributed by atoms with Gasteiger partial charge >= 0.3 is 5.97 Å². The second-order valence-electron chi connectivity index (χ2n) is 5.06. The zero-order valence-corrected chi connectivity index (χ0v) is 14.1. The first-order chi connectivity index (χ1) is 11.1. The van der Waals surface area contributed by atoms with E-state index in [2.05, 4.69) is 41.8 Å². The Labute approximate surface area is 141 Å². The van der Waals surface area contributed by atoms with Crippen molar-refractivity contribution < 1.29 is 9.53 Å². The van der Waals surface area contributed by atoms with Gasteiger partial charge in [-0.25, -0.2) is 4.79 Å². The van der Waals surface area contributed by atoms with Crippen molar-refractivity contribution in [2.45, 2.75) is 20.4 Å². The molecule has 0 saturated carbocycles. The van der Waals surface area contributed by atoms with Crippen molar-refractivity contribution in [1.29, 1.82) is 0 Å². The predicted molar refractivity (Wildman–Crippen MR) is 96.6 cm³/mol. The van der Waals surface area contributed by atoms with Crippen LogP contribution in [0.3, 0.4) is 0 Å². The molecule has 0 atom stereocenters. The molecule has 0 fully saturated rings. The van der Waals surface area contributed by atoms with Crippen LogP contribution in [-0.2, 0) is 11.3 Å². The van der Waals surface area contributed by atoms with Crippen LogP contribution in [0, 0.1) is 6.92 Å². The summed E-state index contributed by atoms with van der Waals surface area (Å²) in [6, 6.07) is 15.4. The molecule has 0 spiro atoms. The Morgan fingerprint density at radius 3 is 2.52 bits per heavy atom. The van der Waals surface area contributed by atoms with Gasteiger partial charge in [0.15, 0.2) is 5.11 Å². The van der Waals surface area contributed by atoms with E-state index in [1.807, 2.05) is 6.07 Å². The van der Waals surface area contributed by atoms with Crippen LogP contribution in [0.4, 0.5) is 5.69 Å². The van der Waals surface area contributed by atoms with Crippen molar-refractivity contribution in [1.82, 2.24) is 5.32 Å². The molecule has 5 heteroatoms. The summed E-state index contributed by atoms with van der Waals surface area (Å²) in [5, 5.41) is 6.64. The van der Waals surface area contributed by atoms with E-state index in [-0.39, 0.29) is 5.97 Å². The quantitative estimate of drug-likeness (QED) is 0.648. The molecule has 4 nitrogen and oxygen atoms in total. The number of ether oxygens (including phenoxy) is 1. The van der Waals surface area contributed by atoms with Gasteiger partial charge in [0.2, 0.25) is 0 Å². The lowest BCUT2D eigenvalue weighted by Crippen LogP contribution is -2.28. The number of para-hydroxylation sites is 1. The average molecular weight is 328 g/mol. The Kier molecular flexibility index (Phi) is 6.11. The molecule has 0 aliphatic carbocycles. The van der Waals surface area contributed by atoms with Crippen LogP contribution in [0.2, 0.25) is 0 Å². The maximum Gasteiger partial charge on any atom is 0.340 e. The van der Waals surface area contributed by atoms with Crippen LogP contribution in [-0.4, -0.2) is 17.7 Å². The summed E-state index contributed by atoms with van der Waals surface area (Å²) in [7, 11) is 0. The van der Waals surface area contributed by atoms with Crippen LogP contribution in [0.1, 0.15) is 28.4 Å². The Hall–Kier alpha value is -2.40. The van der Waals surface area contributed by atoms with E-state index in [0.717, 1.165) is 5.56 Å². The number of nitrogens with one attached hydrogen (secondary N) is 2. The summed E-state index contributed by atoms with van der Waals surface area (Å²) >= 11 is 5.30. The van der Waals surface area contributed by atoms with E-state index in [0.29, 0.717) is 29.5 Å². The number of esters is 1. The number of hydrogen-bond donors (Lipinski definition) is 2. The first-order valence-corrected chi connectivity index (χ1v) is 7.87. The first-order valence-electron chi connectivity index (χ1n) is 7.46. The second kappa shape index (κ2) is 8.29. The van der Waals surface area contributed by atoms with E-state index in [1.54, 1.807) is 25.1 Å². The zero-order valence-electron chi connectivity index (χ0n) is 13.3. The highest BCUT2D eigenvalue weighted by atomic mass is 32.1. The molecular weight excluding hydrogens is 308 g/mol. The van der Waals surface area contributed by atoms with Gasteiger partial charge in [-0.15, -0.1) is 0 Å². The van der Waals surface area contributed by atoms with E-state index in [9.17, 15) is 4.79 Å². The fourth-order valence-corrected chi connectivity index (χ4v) is 2.22. The molecule has 0 heterocycles. The van der Waals surface area contributed by atoms with E-state index in [4.69, 9.17) is 17.0 Å². The molecule has 0 aromatic heterocycles. The number of benzene rings is 2. The molecule has 23 heavy (non-hydrogen) atoms. The van der Waals surface area contributed by atoms with Crippen LogP contribution in [0.15, 0.2) is 48.5 Å². The molecular formula is C18H20N2O2S. The van der Waals surface area contributed by atoms with Gasteiger partial charge in [-0.2, -0.15) is 0 Å². The number of anilines is 1. The molecule has 2 rings (SSSR count). The minimum atomic E-state index is -0.364. The highest BCUT2D eigenvalue weighted by molar-refractivity contribution is 7.80. The predicted octanol–water partition coefficient (Wildman–Crippen LogP) is 3.66. The molecule has 0 amide bonds. The van der Waals surface area contributed by atoms with E-state index in [1.165, 1.54) is 5.56 Å². The van der Waals surface area contributed by atoms with E-state index >= 15 is 0 Å². The Balaban J connectivity index is 1.97. The van der Waals surface area contributed by atoms with Crippen LogP contribution >= 0.6 is 12.2 Å². The lowest BCUT2D eigenvalue weighted by atomic mass is 10.1. The normalized spacial score (nSPS) is 10.0. The van der Waals surface area contributed by atoms with Crippen LogP contribution < -0.4 is 10.6 Å². The van der Waals surface area contributed by atoms with Crippen LogP contribution in [0.25, 0.3) is 0 Å². The van der Waals surface area contributed by atoms with Gasteiger partial charge < -0.3 is 15.4 Å². The maximum absolute atomic E-state index is 11.9. The summed E-state index contributed by atoms with van der Waals surface area (Å²) in [6.45, 7) is 4.79. The van der Waals surface area contributed by atoms with Crippen molar-refractivity contribution in [2.75, 3.05) is 11.9 Å². The third-order valence-corrected chi connectivity index (χ3v) is 3.49. The summed E-state index contributed by atoms with van der Waals surface area (Å²) in [6.07, 6.45) is 0. The standard InChI is InChI=1S/C18H20N2O2S/c1-3-22-17(21)15-6-4-5-7-16(15)20-18(23)19-12-14-10-8-13(2)9-11-14/h4-11H,3,12H2,1-2H3,(H2,19,20,23). The molecule has 120 valence electrons. The van der Waals surface area contributed by atoms with Gasteiger partial charge in [0.1, 0.15) is 0 Å². The third kappa shape index (κ3) is 5.07. The summed E-state index contributed by atoms with van der Waals surface area (Å²) in [5.41, 5.74) is 3.46. The number of carbonyl (C=O) groups is 1. The molecule has 0 aliphatic heterocycles. The molecule has 0 bridgehead atoms. The summed E-state index contributed by atoms with van der Waals surface area (Å²) < 4.78 is 5.05. The van der Waals surface area contributed by atoms with Gasteiger partial charge in [-0.1, -0.05) is 42.0 Å². The van der Waals surface area contributed by atoms with Gasteiger partial charge in [0.25, 0.3) is 0 Å². The highest BCUT2D eigenvalue weighted by Crippen LogP contribution is 2.16. The third-order valence-electron chi connectivity index (χ3n) is 3.24. The highest BCUT2D eigenvalue weighted by Gasteiger charge is 2.12. The average Bonchev–Trinajstić information content (AvgIpc) is 2.55. The van der Waals surface area contributed by atoms with Gasteiger partial charge in [0.05, 0.1) is 17.9 Å². The topological polar surface area (TPSA) is 50.4 Å². The van der Waals surface area contributed by atoms with E-state index < -0.39 is 0 Å². The second-order valence-corrected chi connectivity index (χ2v) is 5.47. The first kappa shape index (κ1) is 17.0. The van der Waals surface area contributed by atoms with Crippen LogP contribution in [0.5, 0.6) is 0 Å². The van der Waals surface area contributed by atoms with Gasteiger partial charge in [0, 0.05) is 6.54 Å². The number of thiocarbonyl (C=S) groups is 1. The smallest absolute Gasteiger partial charge is 0.340 e. The Morgan fingerprint density at radius 2 is 1.83 bits per heavy atom. The SMILES string of the molecule is CCOC(=O)c1ccccc1NC(=S)NCc1ccc(C)cc1. The molecule has 0 aliphatic rings. The molecule has 2 aromatic carbocycles. The number of rotatable bonds is 5. The van der Waals surface area contributed by atoms with Crippen molar-refractivity contribution in [3.63, 3.8) is 0 Å². The van der Waals surface area contributed by atoms with Crippen molar-refractivity contribution >= 4 is 29.0 Å². The fraction of sp³-hybridized carbons (Fsp3) is 0.222. The summed E-state index contributed by atoms with van der Waals surface area (Å²) in [4.78, 5) is 11.9. The van der Waals surface area contributed by atoms with Gasteiger partial charge in [-0.3, -0.25) is 0 Å². The molecule has 2 aromatic rings. The monoisotopic (exact) mass is 328 g/mol. The lowest BCUT2D eigenvalue weighted by molar-refractivity contribution is 0.0527. The molecule has 0 unspecified atom stereocenters. The maximum atomic E-state index is 11.9. The zero-order chi connectivity index (χ0) is 16.7. The van der Waals surface area contributed by atoms with Gasteiger partial charge in [-0.05, 0) is 43.8 Å². The molecule has 2 N–H and O–H groups in total. The minimum absolute atomic E-state index is 0.337. The fourth-order valence-electron chi connectivity index (χ4n) is 2.03. The number of carbonyl (C=O) groups excluding carboxylic acids is 1. The Bertz CT molecular complexity index is 684. The Morgan fingerprint density at radius 1 is 1.13 bits per heavy atom. The van der Waals surface area contributed by atoms with Crippen molar-refractivity contribution in [3.05, 3.63) is 65.2 Å². The molecule has 0 radical (unpaired) electrons.